The number of esters is 1. The Morgan fingerprint density at radius 2 is 2.12 bits per heavy atom. The number of aliphatic hydroxyl groups is 1. The summed E-state index contributed by atoms with van der Waals surface area (Å²) in [5, 5.41) is 10.2. The van der Waals surface area contributed by atoms with Crippen molar-refractivity contribution in [2.75, 3.05) is 11.9 Å². The summed E-state index contributed by atoms with van der Waals surface area (Å²) in [6.45, 7) is 5.38. The number of rotatable bonds is 6. The molecule has 1 N–H and O–H groups in total. The van der Waals surface area contributed by atoms with Gasteiger partial charge in [0.15, 0.2) is 0 Å². The van der Waals surface area contributed by atoms with Crippen molar-refractivity contribution < 1.29 is 14.6 Å². The first-order valence-electron chi connectivity index (χ1n) is 5.12. The minimum Gasteiger partial charge on any atom is -0.462 e. The second-order valence-corrected chi connectivity index (χ2v) is 4.51. The molecule has 1 atom stereocenters. The fourth-order valence-electron chi connectivity index (χ4n) is 0.928. The molecule has 0 radical (unpaired) electrons. The highest BCUT2D eigenvalue weighted by Crippen LogP contribution is 2.11. The SMILES string of the molecule is CC(=O)OC/C=C(\C)C/C=C/C(C)(O)CBr. The molecular formula is C12H19BrO3. The monoisotopic (exact) mass is 290 g/mol. The Hall–Kier alpha value is -0.610. The lowest BCUT2D eigenvalue weighted by Gasteiger charge is -2.14. The molecule has 0 saturated heterocycles. The van der Waals surface area contributed by atoms with Gasteiger partial charge in [0.1, 0.15) is 6.61 Å². The normalized spacial score (nSPS) is 16.2. The van der Waals surface area contributed by atoms with E-state index in [0.29, 0.717) is 11.9 Å². The predicted octanol–water partition coefficient (Wildman–Crippen LogP) is 2.59. The van der Waals surface area contributed by atoms with Gasteiger partial charge in [0, 0.05) is 12.3 Å². The molecule has 0 fully saturated rings. The van der Waals surface area contributed by atoms with Crippen LogP contribution in [0.4, 0.5) is 0 Å². The van der Waals surface area contributed by atoms with Crippen LogP contribution < -0.4 is 0 Å². The quantitative estimate of drug-likeness (QED) is 0.465. The fourth-order valence-corrected chi connectivity index (χ4v) is 1.11. The standard InChI is InChI=1S/C12H19BrO3/c1-10(6-8-16-11(2)14)5-4-7-12(3,15)9-13/h4,6-7,15H,5,8-9H2,1-3H3/b7-4+,10-6+. The summed E-state index contributed by atoms with van der Waals surface area (Å²) >= 11 is 3.22. The van der Waals surface area contributed by atoms with Crippen LogP contribution in [0.15, 0.2) is 23.8 Å². The van der Waals surface area contributed by atoms with Crippen molar-refractivity contribution in [3.8, 4) is 0 Å². The van der Waals surface area contributed by atoms with Crippen molar-refractivity contribution >= 4 is 21.9 Å². The summed E-state index contributed by atoms with van der Waals surface area (Å²) in [6.07, 6.45) is 6.25. The number of ether oxygens (including phenoxy) is 1. The van der Waals surface area contributed by atoms with Gasteiger partial charge in [-0.2, -0.15) is 0 Å². The van der Waals surface area contributed by atoms with E-state index in [0.717, 1.165) is 12.0 Å². The van der Waals surface area contributed by atoms with E-state index in [1.807, 2.05) is 19.1 Å². The van der Waals surface area contributed by atoms with Crippen LogP contribution in [0.25, 0.3) is 0 Å². The van der Waals surface area contributed by atoms with Gasteiger partial charge in [-0.3, -0.25) is 4.79 Å². The molecule has 4 heteroatoms. The molecule has 0 aromatic rings. The Morgan fingerprint density at radius 3 is 2.62 bits per heavy atom. The van der Waals surface area contributed by atoms with Gasteiger partial charge in [0.2, 0.25) is 0 Å². The summed E-state index contributed by atoms with van der Waals surface area (Å²) in [4.78, 5) is 10.5. The van der Waals surface area contributed by atoms with Crippen LogP contribution in [0.5, 0.6) is 0 Å². The zero-order valence-electron chi connectivity index (χ0n) is 10.00. The van der Waals surface area contributed by atoms with E-state index in [2.05, 4.69) is 15.9 Å². The van der Waals surface area contributed by atoms with Crippen molar-refractivity contribution in [1.82, 2.24) is 0 Å². The Morgan fingerprint density at radius 1 is 1.50 bits per heavy atom. The second kappa shape index (κ2) is 7.63. The summed E-state index contributed by atoms with van der Waals surface area (Å²) in [7, 11) is 0. The Balaban J connectivity index is 3.97. The molecule has 0 saturated carbocycles. The molecule has 0 spiro atoms. The third-order valence-electron chi connectivity index (χ3n) is 1.91. The zero-order valence-corrected chi connectivity index (χ0v) is 11.6. The van der Waals surface area contributed by atoms with Gasteiger partial charge in [-0.15, -0.1) is 0 Å². The van der Waals surface area contributed by atoms with E-state index in [1.165, 1.54) is 6.92 Å². The van der Waals surface area contributed by atoms with E-state index in [-0.39, 0.29) is 5.97 Å². The Bertz CT molecular complexity index is 280. The molecule has 0 bridgehead atoms. The molecular weight excluding hydrogens is 272 g/mol. The van der Waals surface area contributed by atoms with Crippen LogP contribution >= 0.6 is 15.9 Å². The smallest absolute Gasteiger partial charge is 0.302 e. The highest BCUT2D eigenvalue weighted by molar-refractivity contribution is 9.09. The number of halogens is 1. The van der Waals surface area contributed by atoms with Gasteiger partial charge in [-0.25, -0.2) is 0 Å². The summed E-state index contributed by atoms with van der Waals surface area (Å²) in [6, 6.07) is 0. The maximum absolute atomic E-state index is 10.5. The minimum absolute atomic E-state index is 0.276. The van der Waals surface area contributed by atoms with Gasteiger partial charge in [0.25, 0.3) is 0 Å². The van der Waals surface area contributed by atoms with Crippen LogP contribution in [-0.2, 0) is 9.53 Å². The van der Waals surface area contributed by atoms with Crippen molar-refractivity contribution in [2.45, 2.75) is 32.8 Å². The first-order chi connectivity index (χ1) is 7.37. The summed E-state index contributed by atoms with van der Waals surface area (Å²) in [5.74, 6) is -0.276. The third kappa shape index (κ3) is 8.68. The molecule has 0 aliphatic rings. The molecule has 0 aliphatic heterocycles. The molecule has 92 valence electrons. The average Bonchev–Trinajstić information content (AvgIpc) is 2.17. The van der Waals surface area contributed by atoms with E-state index in [9.17, 15) is 9.90 Å². The third-order valence-corrected chi connectivity index (χ3v) is 3.04. The van der Waals surface area contributed by atoms with E-state index >= 15 is 0 Å². The van der Waals surface area contributed by atoms with Gasteiger partial charge in [-0.1, -0.05) is 33.7 Å². The molecule has 0 aliphatic carbocycles. The lowest BCUT2D eigenvalue weighted by molar-refractivity contribution is -0.139. The van der Waals surface area contributed by atoms with Crippen LogP contribution in [0, 0.1) is 0 Å². The van der Waals surface area contributed by atoms with E-state index < -0.39 is 5.60 Å². The summed E-state index contributed by atoms with van der Waals surface area (Å²) < 4.78 is 4.78. The van der Waals surface area contributed by atoms with Gasteiger partial charge >= 0.3 is 5.97 Å². The molecule has 3 nitrogen and oxygen atoms in total. The molecule has 1 unspecified atom stereocenters. The van der Waals surface area contributed by atoms with Crippen molar-refractivity contribution in [1.29, 1.82) is 0 Å². The number of hydrogen-bond donors (Lipinski definition) is 1. The van der Waals surface area contributed by atoms with Crippen LogP contribution in [-0.4, -0.2) is 28.6 Å². The molecule has 0 heterocycles. The topological polar surface area (TPSA) is 46.5 Å². The highest BCUT2D eigenvalue weighted by atomic mass is 79.9. The lowest BCUT2D eigenvalue weighted by atomic mass is 10.1. The zero-order chi connectivity index (χ0) is 12.6. The highest BCUT2D eigenvalue weighted by Gasteiger charge is 2.12. The molecule has 0 rings (SSSR count). The molecule has 0 aromatic heterocycles. The fraction of sp³-hybridized carbons (Fsp3) is 0.583. The first-order valence-corrected chi connectivity index (χ1v) is 6.24. The largest absolute Gasteiger partial charge is 0.462 e. The second-order valence-electron chi connectivity index (χ2n) is 3.95. The van der Waals surface area contributed by atoms with E-state index in [1.54, 1.807) is 13.0 Å². The molecule has 0 aromatic carbocycles. The lowest BCUT2D eigenvalue weighted by Crippen LogP contribution is -2.22. The molecule has 16 heavy (non-hydrogen) atoms. The van der Waals surface area contributed by atoms with Gasteiger partial charge in [0.05, 0.1) is 5.60 Å². The number of hydrogen-bond acceptors (Lipinski definition) is 3. The van der Waals surface area contributed by atoms with Gasteiger partial charge < -0.3 is 9.84 Å². The van der Waals surface area contributed by atoms with Crippen molar-refractivity contribution in [3.05, 3.63) is 23.8 Å². The number of allylic oxidation sites excluding steroid dienone is 2. The number of carbonyl (C=O) groups excluding carboxylic acids is 1. The minimum atomic E-state index is -0.809. The number of carbonyl (C=O) groups is 1. The van der Waals surface area contributed by atoms with Gasteiger partial charge in [-0.05, 0) is 26.3 Å². The van der Waals surface area contributed by atoms with Crippen LogP contribution in [0.1, 0.15) is 27.2 Å². The van der Waals surface area contributed by atoms with E-state index in [4.69, 9.17) is 4.74 Å². The molecule has 0 amide bonds. The average molecular weight is 291 g/mol. The van der Waals surface area contributed by atoms with Crippen LogP contribution in [0.3, 0.4) is 0 Å². The maximum atomic E-state index is 10.5. The first kappa shape index (κ1) is 15.4. The maximum Gasteiger partial charge on any atom is 0.302 e. The summed E-state index contributed by atoms with van der Waals surface area (Å²) in [5.41, 5.74) is 0.291. The van der Waals surface area contributed by atoms with Crippen molar-refractivity contribution in [2.24, 2.45) is 0 Å². The Labute approximate surface area is 105 Å². The number of alkyl halides is 1. The van der Waals surface area contributed by atoms with Crippen molar-refractivity contribution in [3.63, 3.8) is 0 Å². The van der Waals surface area contributed by atoms with Crippen LogP contribution in [0.2, 0.25) is 0 Å². The Kier molecular flexibility index (Phi) is 7.34. The predicted molar refractivity (Wildman–Crippen MR) is 68.6 cm³/mol.